The third kappa shape index (κ3) is 5.05. The highest BCUT2D eigenvalue weighted by Crippen LogP contribution is 2.23. The lowest BCUT2D eigenvalue weighted by atomic mass is 10.0. The van der Waals surface area contributed by atoms with Gasteiger partial charge in [-0.3, -0.25) is 9.59 Å². The first-order chi connectivity index (χ1) is 14.3. The number of para-hydroxylation sites is 1. The van der Waals surface area contributed by atoms with Crippen LogP contribution in [0.15, 0.2) is 42.5 Å². The number of piperazine rings is 1. The van der Waals surface area contributed by atoms with Crippen molar-refractivity contribution in [3.05, 3.63) is 63.9 Å². The predicted molar refractivity (Wildman–Crippen MR) is 118 cm³/mol. The van der Waals surface area contributed by atoms with E-state index in [1.807, 2.05) is 18.7 Å². The molecule has 0 aromatic heterocycles. The van der Waals surface area contributed by atoms with Crippen LogP contribution in [0.25, 0.3) is 0 Å². The second-order valence-corrected chi connectivity index (χ2v) is 8.43. The lowest BCUT2D eigenvalue weighted by Crippen LogP contribution is -2.56. The zero-order valence-electron chi connectivity index (χ0n) is 16.9. The molecule has 1 heterocycles. The first-order valence-corrected chi connectivity index (χ1v) is 10.6. The standard InChI is InChI=1S/C22H24Cl2FN3O2/c1-14(2)20(26-21(29)16-8-7-15(23)13-17(16)24)22(30)28-11-9-27(10-12-28)19-6-4-3-5-18(19)25/h3-8,13-14,20H,9-12H2,1-2H3,(H,26,29). The van der Waals surface area contributed by atoms with Crippen molar-refractivity contribution >= 4 is 40.7 Å². The number of benzene rings is 2. The van der Waals surface area contributed by atoms with Gasteiger partial charge in [-0.2, -0.15) is 0 Å². The molecule has 1 unspecified atom stereocenters. The summed E-state index contributed by atoms with van der Waals surface area (Å²) in [5.41, 5.74) is 0.805. The number of carbonyl (C=O) groups is 2. The van der Waals surface area contributed by atoms with Crippen LogP contribution in [0.4, 0.5) is 10.1 Å². The molecule has 0 radical (unpaired) electrons. The van der Waals surface area contributed by atoms with Crippen molar-refractivity contribution in [3.63, 3.8) is 0 Å². The molecule has 1 fully saturated rings. The first kappa shape index (κ1) is 22.4. The van der Waals surface area contributed by atoms with Gasteiger partial charge in [0.25, 0.3) is 5.91 Å². The number of carbonyl (C=O) groups excluding carboxylic acids is 2. The maximum Gasteiger partial charge on any atom is 0.253 e. The lowest BCUT2D eigenvalue weighted by molar-refractivity contribution is -0.134. The number of halogens is 3. The van der Waals surface area contributed by atoms with Gasteiger partial charge in [0.1, 0.15) is 11.9 Å². The smallest absolute Gasteiger partial charge is 0.253 e. The number of nitrogens with zero attached hydrogens (tertiary/aromatic N) is 2. The monoisotopic (exact) mass is 451 g/mol. The van der Waals surface area contributed by atoms with Gasteiger partial charge in [-0.25, -0.2) is 4.39 Å². The molecule has 30 heavy (non-hydrogen) atoms. The quantitative estimate of drug-likeness (QED) is 0.739. The maximum atomic E-state index is 14.0. The van der Waals surface area contributed by atoms with Crippen LogP contribution in [0, 0.1) is 11.7 Å². The number of hydrogen-bond acceptors (Lipinski definition) is 3. The van der Waals surface area contributed by atoms with E-state index in [0.29, 0.717) is 36.9 Å². The summed E-state index contributed by atoms with van der Waals surface area (Å²) in [6.45, 7) is 5.70. The van der Waals surface area contributed by atoms with Crippen molar-refractivity contribution in [2.75, 3.05) is 31.1 Å². The Morgan fingerprint density at radius 3 is 2.30 bits per heavy atom. The molecule has 0 aliphatic carbocycles. The van der Waals surface area contributed by atoms with Gasteiger partial charge < -0.3 is 15.1 Å². The number of hydrogen-bond donors (Lipinski definition) is 1. The summed E-state index contributed by atoms with van der Waals surface area (Å²) in [5, 5.41) is 3.47. The van der Waals surface area contributed by atoms with E-state index in [1.165, 1.54) is 18.2 Å². The van der Waals surface area contributed by atoms with Crippen LogP contribution in [0.3, 0.4) is 0 Å². The van der Waals surface area contributed by atoms with Gasteiger partial charge in [-0.1, -0.05) is 49.2 Å². The molecular formula is C22H24Cl2FN3O2. The SMILES string of the molecule is CC(C)C(NC(=O)c1ccc(Cl)cc1Cl)C(=O)N1CCN(c2ccccc2F)CC1. The fourth-order valence-electron chi connectivity index (χ4n) is 3.48. The number of nitrogens with one attached hydrogen (secondary N) is 1. The van der Waals surface area contributed by atoms with Crippen LogP contribution in [0.5, 0.6) is 0 Å². The summed E-state index contributed by atoms with van der Waals surface area (Å²) in [5.74, 6) is -0.966. The van der Waals surface area contributed by atoms with Gasteiger partial charge in [0.05, 0.1) is 16.3 Å². The van der Waals surface area contributed by atoms with Crippen LogP contribution < -0.4 is 10.2 Å². The normalized spacial score (nSPS) is 15.3. The maximum absolute atomic E-state index is 14.0. The van der Waals surface area contributed by atoms with Crippen LogP contribution in [0.2, 0.25) is 10.0 Å². The molecule has 0 spiro atoms. The molecule has 1 aliphatic heterocycles. The molecule has 2 amide bonds. The van der Waals surface area contributed by atoms with Crippen molar-refractivity contribution in [2.24, 2.45) is 5.92 Å². The minimum atomic E-state index is -0.691. The van der Waals surface area contributed by atoms with Crippen LogP contribution in [0.1, 0.15) is 24.2 Å². The van der Waals surface area contributed by atoms with Crippen molar-refractivity contribution in [3.8, 4) is 0 Å². The Morgan fingerprint density at radius 1 is 1.03 bits per heavy atom. The Bertz CT molecular complexity index is 930. The number of rotatable bonds is 5. The summed E-state index contributed by atoms with van der Waals surface area (Å²) >= 11 is 12.0. The summed E-state index contributed by atoms with van der Waals surface area (Å²) in [4.78, 5) is 29.5. The summed E-state index contributed by atoms with van der Waals surface area (Å²) in [7, 11) is 0. The molecule has 1 aliphatic rings. The van der Waals surface area contributed by atoms with Gasteiger partial charge in [-0.15, -0.1) is 0 Å². The Hall–Kier alpha value is -2.31. The summed E-state index contributed by atoms with van der Waals surface area (Å²) < 4.78 is 14.0. The van der Waals surface area contributed by atoms with E-state index >= 15 is 0 Å². The van der Waals surface area contributed by atoms with Crippen LogP contribution in [-0.2, 0) is 4.79 Å². The molecule has 1 atom stereocenters. The Labute approximate surface area is 185 Å². The van der Waals surface area contributed by atoms with Crippen molar-refractivity contribution in [2.45, 2.75) is 19.9 Å². The van der Waals surface area contributed by atoms with Crippen molar-refractivity contribution < 1.29 is 14.0 Å². The summed E-state index contributed by atoms with van der Waals surface area (Å²) in [6.07, 6.45) is 0. The molecule has 1 N–H and O–H groups in total. The van der Waals surface area contributed by atoms with Gasteiger partial charge in [0.2, 0.25) is 5.91 Å². The predicted octanol–water partition coefficient (Wildman–Crippen LogP) is 4.24. The van der Waals surface area contributed by atoms with Gasteiger partial charge in [0, 0.05) is 31.2 Å². The minimum absolute atomic E-state index is 0.114. The second kappa shape index (κ2) is 9.67. The molecule has 5 nitrogen and oxygen atoms in total. The molecule has 0 saturated carbocycles. The molecule has 160 valence electrons. The van der Waals surface area contributed by atoms with E-state index < -0.39 is 11.9 Å². The highest BCUT2D eigenvalue weighted by atomic mass is 35.5. The van der Waals surface area contributed by atoms with E-state index in [9.17, 15) is 14.0 Å². The Balaban J connectivity index is 1.66. The fraction of sp³-hybridized carbons (Fsp3) is 0.364. The molecule has 1 saturated heterocycles. The first-order valence-electron chi connectivity index (χ1n) is 9.82. The molecule has 2 aromatic carbocycles. The Morgan fingerprint density at radius 2 is 1.70 bits per heavy atom. The van der Waals surface area contributed by atoms with E-state index in [-0.39, 0.29) is 28.2 Å². The third-order valence-electron chi connectivity index (χ3n) is 5.18. The topological polar surface area (TPSA) is 52.7 Å². The fourth-order valence-corrected chi connectivity index (χ4v) is 3.97. The Kier molecular flexibility index (Phi) is 7.21. The average Bonchev–Trinajstić information content (AvgIpc) is 2.71. The minimum Gasteiger partial charge on any atom is -0.366 e. The van der Waals surface area contributed by atoms with Crippen LogP contribution in [-0.4, -0.2) is 48.9 Å². The zero-order chi connectivity index (χ0) is 21.8. The van der Waals surface area contributed by atoms with Crippen molar-refractivity contribution in [1.29, 1.82) is 0 Å². The molecule has 8 heteroatoms. The lowest BCUT2D eigenvalue weighted by Gasteiger charge is -2.38. The summed E-state index contributed by atoms with van der Waals surface area (Å²) in [6, 6.07) is 10.5. The second-order valence-electron chi connectivity index (χ2n) is 7.58. The average molecular weight is 452 g/mol. The van der Waals surface area contributed by atoms with E-state index in [1.54, 1.807) is 29.2 Å². The highest BCUT2D eigenvalue weighted by Gasteiger charge is 2.31. The van der Waals surface area contributed by atoms with Crippen LogP contribution >= 0.6 is 23.2 Å². The van der Waals surface area contributed by atoms with E-state index in [2.05, 4.69) is 5.32 Å². The van der Waals surface area contributed by atoms with Gasteiger partial charge in [0.15, 0.2) is 0 Å². The molecular weight excluding hydrogens is 428 g/mol. The molecule has 3 rings (SSSR count). The van der Waals surface area contributed by atoms with E-state index in [4.69, 9.17) is 23.2 Å². The van der Waals surface area contributed by atoms with Gasteiger partial charge in [-0.05, 0) is 36.2 Å². The van der Waals surface area contributed by atoms with Gasteiger partial charge >= 0.3 is 0 Å². The number of amides is 2. The van der Waals surface area contributed by atoms with Crippen molar-refractivity contribution in [1.82, 2.24) is 10.2 Å². The largest absolute Gasteiger partial charge is 0.366 e. The van der Waals surface area contributed by atoms with E-state index in [0.717, 1.165) is 0 Å². The highest BCUT2D eigenvalue weighted by molar-refractivity contribution is 6.36. The molecule has 2 aromatic rings. The zero-order valence-corrected chi connectivity index (χ0v) is 18.4. The molecule has 0 bridgehead atoms. The number of anilines is 1. The third-order valence-corrected chi connectivity index (χ3v) is 5.73.